The molecule has 0 fully saturated rings. The fourth-order valence-electron chi connectivity index (χ4n) is 6.20. The van der Waals surface area contributed by atoms with Gasteiger partial charge < -0.3 is 19.5 Å². The van der Waals surface area contributed by atoms with Crippen molar-refractivity contribution < 1.29 is 37.0 Å². The van der Waals surface area contributed by atoms with Crippen LogP contribution in [-0.2, 0) is 16.2 Å². The van der Waals surface area contributed by atoms with Gasteiger partial charge in [-0.05, 0) is 84.5 Å². The minimum absolute atomic E-state index is 0.00551. The van der Waals surface area contributed by atoms with Crippen molar-refractivity contribution in [3.8, 4) is 17.2 Å². The van der Waals surface area contributed by atoms with E-state index in [-0.39, 0.29) is 59.6 Å². The van der Waals surface area contributed by atoms with Crippen LogP contribution in [0.25, 0.3) is 0 Å². The van der Waals surface area contributed by atoms with Gasteiger partial charge in [0.2, 0.25) is 0 Å². The number of carbonyl (C=O) groups excluding carboxylic acids is 2. The number of ketones is 1. The number of carbonyl (C=O) groups is 2. The molecule has 48 heavy (non-hydrogen) atoms. The Morgan fingerprint density at radius 3 is 2.31 bits per heavy atom. The number of nitrogens with zero attached hydrogens (tertiary/aromatic N) is 1. The first kappa shape index (κ1) is 33.0. The van der Waals surface area contributed by atoms with Crippen LogP contribution in [0.3, 0.4) is 0 Å². The Balaban J connectivity index is 1.48. The van der Waals surface area contributed by atoms with Crippen molar-refractivity contribution in [3.05, 3.63) is 124 Å². The van der Waals surface area contributed by atoms with Crippen molar-refractivity contribution in [3.63, 3.8) is 0 Å². The minimum atomic E-state index is -5.23. The molecule has 2 unspecified atom stereocenters. The molecule has 0 aromatic heterocycles. The number of amides is 1. The standard InChI is InChI=1S/C37H32ClF3N2O5/c1-3-47-33-20-24(12-17-32(33)48-21-22-8-13-26(38)14-9-22)35-34-29(18-25(19-31(34)44)23-10-15-27(46-2)16-11-23)42-28-6-4-5-7-30(28)43(35)36(45)37(39,40)41/h4-17,20,25,35,42H,3,18-19,21H2,1-2H3. The van der Waals surface area contributed by atoms with Crippen LogP contribution in [0.5, 0.6) is 17.2 Å². The van der Waals surface area contributed by atoms with E-state index >= 15 is 0 Å². The number of methoxy groups -OCH3 is 1. The van der Waals surface area contributed by atoms with E-state index in [1.165, 1.54) is 6.07 Å². The van der Waals surface area contributed by atoms with Gasteiger partial charge in [0.05, 0.1) is 31.1 Å². The number of Topliss-reactive ketones (excluding diaryl/α,β-unsaturated/α-hetero) is 1. The number of fused-ring (bicyclic) bond motifs is 1. The summed E-state index contributed by atoms with van der Waals surface area (Å²) >= 11 is 6.01. The van der Waals surface area contributed by atoms with Crippen LogP contribution in [0.15, 0.2) is 102 Å². The summed E-state index contributed by atoms with van der Waals surface area (Å²) in [5.41, 5.74) is 2.80. The summed E-state index contributed by atoms with van der Waals surface area (Å²) in [5.74, 6) is -1.45. The van der Waals surface area contributed by atoms with Crippen molar-refractivity contribution in [2.24, 2.45) is 0 Å². The number of hydrogen-bond donors (Lipinski definition) is 1. The second-order valence-corrected chi connectivity index (χ2v) is 11.9. The summed E-state index contributed by atoms with van der Waals surface area (Å²) in [5, 5.41) is 3.83. The van der Waals surface area contributed by atoms with Crippen LogP contribution >= 0.6 is 11.6 Å². The molecule has 6 rings (SSSR count). The van der Waals surface area contributed by atoms with Gasteiger partial charge in [0.1, 0.15) is 12.4 Å². The summed E-state index contributed by atoms with van der Waals surface area (Å²) < 4.78 is 60.4. The molecule has 248 valence electrons. The normalized spacial score (nSPS) is 17.5. The van der Waals surface area contributed by atoms with E-state index in [4.69, 9.17) is 25.8 Å². The molecule has 1 N–H and O–H groups in total. The van der Waals surface area contributed by atoms with Gasteiger partial charge in [-0.25, -0.2) is 0 Å². The number of alkyl halides is 3. The maximum Gasteiger partial charge on any atom is 0.471 e. The van der Waals surface area contributed by atoms with Crippen molar-refractivity contribution in [1.82, 2.24) is 0 Å². The Bertz CT molecular complexity index is 1860. The number of hydrogen-bond acceptors (Lipinski definition) is 6. The molecule has 1 amide bonds. The molecule has 0 spiro atoms. The number of nitrogens with one attached hydrogen (secondary N) is 1. The molecule has 0 radical (unpaired) electrons. The Morgan fingerprint density at radius 2 is 1.62 bits per heavy atom. The molecular formula is C37H32ClF3N2O5. The highest BCUT2D eigenvalue weighted by atomic mass is 35.5. The van der Waals surface area contributed by atoms with Crippen molar-refractivity contribution in [2.45, 2.75) is 44.5 Å². The summed E-state index contributed by atoms with van der Waals surface area (Å²) in [6.45, 7) is 2.18. The predicted molar refractivity (Wildman–Crippen MR) is 177 cm³/mol. The average Bonchev–Trinajstić information content (AvgIpc) is 3.22. The highest BCUT2D eigenvalue weighted by Crippen LogP contribution is 2.49. The lowest BCUT2D eigenvalue weighted by Gasteiger charge is -2.35. The van der Waals surface area contributed by atoms with Gasteiger partial charge in [0, 0.05) is 22.7 Å². The SMILES string of the molecule is CCOc1cc(C2C3=C(CC(c4ccc(OC)cc4)CC3=O)Nc3ccccc3N2C(=O)C(F)(F)F)ccc1OCc1ccc(Cl)cc1. The third-order valence-corrected chi connectivity index (χ3v) is 8.68. The smallest absolute Gasteiger partial charge is 0.471 e. The van der Waals surface area contributed by atoms with Crippen molar-refractivity contribution in [2.75, 3.05) is 23.9 Å². The highest BCUT2D eigenvalue weighted by molar-refractivity contribution is 6.30. The molecule has 1 aliphatic heterocycles. The number of rotatable bonds is 8. The minimum Gasteiger partial charge on any atom is -0.497 e. The second kappa shape index (κ2) is 13.6. The topological polar surface area (TPSA) is 77.1 Å². The lowest BCUT2D eigenvalue weighted by Crippen LogP contribution is -2.45. The molecule has 0 bridgehead atoms. The van der Waals surface area contributed by atoms with Gasteiger partial charge in [0.15, 0.2) is 17.3 Å². The third-order valence-electron chi connectivity index (χ3n) is 8.43. The third kappa shape index (κ3) is 6.71. The van der Waals surface area contributed by atoms with Gasteiger partial charge in [0.25, 0.3) is 0 Å². The van der Waals surface area contributed by atoms with Gasteiger partial charge in [-0.2, -0.15) is 13.2 Å². The van der Waals surface area contributed by atoms with E-state index in [1.54, 1.807) is 74.7 Å². The number of halogens is 4. The summed E-state index contributed by atoms with van der Waals surface area (Å²) in [6.07, 6.45) is -4.87. The number of anilines is 2. The van der Waals surface area contributed by atoms with E-state index in [1.807, 2.05) is 24.3 Å². The van der Waals surface area contributed by atoms with Crippen molar-refractivity contribution in [1.29, 1.82) is 0 Å². The predicted octanol–water partition coefficient (Wildman–Crippen LogP) is 8.79. The molecular weight excluding hydrogens is 645 g/mol. The van der Waals surface area contributed by atoms with Crippen LogP contribution in [0.1, 0.15) is 48.4 Å². The molecule has 2 atom stereocenters. The van der Waals surface area contributed by atoms with E-state index in [0.29, 0.717) is 33.5 Å². The molecule has 11 heteroatoms. The quantitative estimate of drug-likeness (QED) is 0.201. The molecule has 7 nitrogen and oxygen atoms in total. The average molecular weight is 677 g/mol. The Labute approximate surface area is 280 Å². The summed E-state index contributed by atoms with van der Waals surface area (Å²) in [6, 6.07) is 24.0. The number of para-hydroxylation sites is 2. The summed E-state index contributed by atoms with van der Waals surface area (Å²) in [4.78, 5) is 28.2. The fraction of sp³-hybridized carbons (Fsp3) is 0.243. The zero-order valence-electron chi connectivity index (χ0n) is 26.1. The van der Waals surface area contributed by atoms with Gasteiger partial charge in [-0.15, -0.1) is 0 Å². The monoisotopic (exact) mass is 676 g/mol. The molecule has 0 saturated heterocycles. The number of benzene rings is 4. The highest BCUT2D eigenvalue weighted by Gasteiger charge is 2.50. The van der Waals surface area contributed by atoms with Crippen LogP contribution in [0.2, 0.25) is 5.02 Å². The maximum atomic E-state index is 14.4. The summed E-state index contributed by atoms with van der Waals surface area (Å²) in [7, 11) is 1.56. The second-order valence-electron chi connectivity index (χ2n) is 11.5. The maximum absolute atomic E-state index is 14.4. The molecule has 1 aliphatic carbocycles. The zero-order valence-corrected chi connectivity index (χ0v) is 26.9. The largest absolute Gasteiger partial charge is 0.497 e. The van der Waals surface area contributed by atoms with Crippen LogP contribution in [0.4, 0.5) is 24.5 Å². The van der Waals surface area contributed by atoms with Gasteiger partial charge >= 0.3 is 12.1 Å². The zero-order chi connectivity index (χ0) is 34.0. The number of allylic oxidation sites excluding steroid dienone is 1. The van der Waals surface area contributed by atoms with Gasteiger partial charge in [-0.3, -0.25) is 14.5 Å². The number of ether oxygens (including phenoxy) is 3. The first-order valence-corrected chi connectivity index (χ1v) is 15.8. The molecule has 1 heterocycles. The molecule has 4 aromatic rings. The van der Waals surface area contributed by atoms with Crippen molar-refractivity contribution >= 4 is 34.7 Å². The lowest BCUT2D eigenvalue weighted by atomic mass is 9.78. The molecule has 0 saturated carbocycles. The van der Waals surface area contributed by atoms with E-state index < -0.39 is 18.1 Å². The Kier molecular flexibility index (Phi) is 9.37. The van der Waals surface area contributed by atoms with Crippen LogP contribution < -0.4 is 24.4 Å². The first-order valence-electron chi connectivity index (χ1n) is 15.4. The van der Waals surface area contributed by atoms with E-state index in [2.05, 4.69) is 5.32 Å². The van der Waals surface area contributed by atoms with E-state index in [0.717, 1.165) is 11.1 Å². The van der Waals surface area contributed by atoms with Gasteiger partial charge in [-0.1, -0.05) is 54.1 Å². The molecule has 2 aliphatic rings. The Morgan fingerprint density at radius 1 is 0.917 bits per heavy atom. The van der Waals surface area contributed by atoms with Crippen LogP contribution in [-0.4, -0.2) is 31.6 Å². The van der Waals surface area contributed by atoms with Crippen LogP contribution in [0, 0.1) is 0 Å². The molecule has 4 aromatic carbocycles. The Hall–Kier alpha value is -4.96. The fourth-order valence-corrected chi connectivity index (χ4v) is 6.33. The first-order chi connectivity index (χ1) is 23.1. The van der Waals surface area contributed by atoms with E-state index in [9.17, 15) is 22.8 Å². The lowest BCUT2D eigenvalue weighted by molar-refractivity contribution is -0.170.